The summed E-state index contributed by atoms with van der Waals surface area (Å²) in [5.41, 5.74) is 8.94. The number of nitrogens with zero attached hydrogens (tertiary/aromatic N) is 1. The zero-order valence-corrected chi connectivity index (χ0v) is 15.4. The quantitative estimate of drug-likeness (QED) is 0.629. The van der Waals surface area contributed by atoms with Gasteiger partial charge in [0, 0.05) is 12.2 Å². The first-order chi connectivity index (χ1) is 13.1. The molecule has 0 radical (unpaired) electrons. The van der Waals surface area contributed by atoms with Crippen LogP contribution in [0.3, 0.4) is 0 Å². The molecule has 0 aromatic heterocycles. The fourth-order valence-corrected chi connectivity index (χ4v) is 3.23. The van der Waals surface area contributed by atoms with Crippen molar-refractivity contribution in [3.05, 3.63) is 71.3 Å². The molecule has 0 fully saturated rings. The highest BCUT2D eigenvalue weighted by molar-refractivity contribution is 6.04. The lowest BCUT2D eigenvalue weighted by Gasteiger charge is -2.36. The summed E-state index contributed by atoms with van der Waals surface area (Å²) in [4.78, 5) is 27.3. The van der Waals surface area contributed by atoms with Crippen LogP contribution in [0.5, 0.6) is 0 Å². The van der Waals surface area contributed by atoms with E-state index in [2.05, 4.69) is 5.32 Å². The number of anilines is 1. The Morgan fingerprint density at radius 1 is 1.11 bits per heavy atom. The van der Waals surface area contributed by atoms with E-state index in [1.807, 2.05) is 49.4 Å². The number of carbonyl (C=O) groups excluding carboxylic acids is 2. The number of hydrogen-bond donors (Lipinski definition) is 2. The Bertz CT molecular complexity index is 860. The number of nitrogens with two attached hydrogens (primary N) is 1. The zero-order chi connectivity index (χ0) is 19.4. The maximum absolute atomic E-state index is 12.9. The van der Waals surface area contributed by atoms with Crippen molar-refractivity contribution in [3.8, 4) is 0 Å². The molecule has 2 aromatic rings. The average molecular weight is 365 g/mol. The molecular weight excluding hydrogens is 342 g/mol. The lowest BCUT2D eigenvalue weighted by molar-refractivity contribution is -0.138. The number of amides is 2. The van der Waals surface area contributed by atoms with Crippen LogP contribution >= 0.6 is 0 Å². The molecule has 1 aliphatic rings. The Balaban J connectivity index is 2.24. The second kappa shape index (κ2) is 7.95. The summed E-state index contributed by atoms with van der Waals surface area (Å²) in [7, 11) is 0. The van der Waals surface area contributed by atoms with Crippen LogP contribution in [0.4, 0.5) is 10.5 Å². The molecule has 1 atom stereocenters. The number of nitrogen functional groups attached to an aromatic ring is 1. The standard InChI is InChI=1S/C21H23N3O3/c1-3-24-19(15-8-6-5-7-9-15)17(20(25)27-4-2)18(23-21(24)26)14-10-12-16(22)13-11-14/h5-13,18H,3-4,22H2,1-2H3,(H,23,26)/t18-/m0/s1. The average Bonchev–Trinajstić information content (AvgIpc) is 2.68. The van der Waals surface area contributed by atoms with Gasteiger partial charge in [0.25, 0.3) is 0 Å². The predicted octanol–water partition coefficient (Wildman–Crippen LogP) is 3.33. The number of carbonyl (C=O) groups is 2. The monoisotopic (exact) mass is 365 g/mol. The molecule has 6 heteroatoms. The summed E-state index contributed by atoms with van der Waals surface area (Å²) in [5.74, 6) is -0.448. The molecule has 0 spiro atoms. The van der Waals surface area contributed by atoms with Crippen LogP contribution in [0, 0.1) is 0 Å². The van der Waals surface area contributed by atoms with Crippen molar-refractivity contribution >= 4 is 23.4 Å². The minimum Gasteiger partial charge on any atom is -0.463 e. The second-order valence-corrected chi connectivity index (χ2v) is 6.14. The SMILES string of the molecule is CCOC(=O)C1=C(c2ccccc2)N(CC)C(=O)N[C@H]1c1ccc(N)cc1. The molecule has 2 amide bonds. The third kappa shape index (κ3) is 3.65. The number of benzene rings is 2. The molecule has 2 aromatic carbocycles. The van der Waals surface area contributed by atoms with Crippen molar-refractivity contribution in [1.82, 2.24) is 10.2 Å². The van der Waals surface area contributed by atoms with E-state index in [1.54, 1.807) is 24.0 Å². The fourth-order valence-electron chi connectivity index (χ4n) is 3.23. The third-order valence-corrected chi connectivity index (χ3v) is 4.46. The predicted molar refractivity (Wildman–Crippen MR) is 105 cm³/mol. The first-order valence-electron chi connectivity index (χ1n) is 8.97. The van der Waals surface area contributed by atoms with E-state index < -0.39 is 12.0 Å². The summed E-state index contributed by atoms with van der Waals surface area (Å²) in [6.07, 6.45) is 0. The Labute approximate surface area is 158 Å². The maximum atomic E-state index is 12.9. The number of nitrogens with one attached hydrogen (secondary N) is 1. The third-order valence-electron chi connectivity index (χ3n) is 4.46. The Morgan fingerprint density at radius 2 is 1.78 bits per heavy atom. The molecule has 140 valence electrons. The van der Waals surface area contributed by atoms with Gasteiger partial charge in [-0.1, -0.05) is 42.5 Å². The molecule has 3 rings (SSSR count). The first-order valence-corrected chi connectivity index (χ1v) is 8.97. The minimum atomic E-state index is -0.616. The highest BCUT2D eigenvalue weighted by atomic mass is 16.5. The molecule has 27 heavy (non-hydrogen) atoms. The van der Waals surface area contributed by atoms with Gasteiger partial charge in [-0.3, -0.25) is 4.90 Å². The fraction of sp³-hybridized carbons (Fsp3) is 0.238. The van der Waals surface area contributed by atoms with E-state index in [0.717, 1.165) is 11.1 Å². The highest BCUT2D eigenvalue weighted by Crippen LogP contribution is 2.36. The van der Waals surface area contributed by atoms with E-state index in [4.69, 9.17) is 10.5 Å². The smallest absolute Gasteiger partial charge is 0.338 e. The topological polar surface area (TPSA) is 84.7 Å². The molecule has 3 N–H and O–H groups in total. The Kier molecular flexibility index (Phi) is 5.45. The number of hydrogen-bond acceptors (Lipinski definition) is 4. The van der Waals surface area contributed by atoms with E-state index in [1.165, 1.54) is 0 Å². The van der Waals surface area contributed by atoms with Crippen molar-refractivity contribution in [2.45, 2.75) is 19.9 Å². The highest BCUT2D eigenvalue weighted by Gasteiger charge is 2.38. The zero-order valence-electron chi connectivity index (χ0n) is 15.4. The van der Waals surface area contributed by atoms with Crippen molar-refractivity contribution in [2.75, 3.05) is 18.9 Å². The molecular formula is C21H23N3O3. The van der Waals surface area contributed by atoms with Gasteiger partial charge in [0.05, 0.1) is 23.9 Å². The van der Waals surface area contributed by atoms with Crippen LogP contribution in [0.1, 0.15) is 31.0 Å². The minimum absolute atomic E-state index is 0.249. The molecule has 1 aliphatic heterocycles. The van der Waals surface area contributed by atoms with Gasteiger partial charge in [0.2, 0.25) is 0 Å². The Morgan fingerprint density at radius 3 is 2.37 bits per heavy atom. The van der Waals surface area contributed by atoms with Gasteiger partial charge in [0.1, 0.15) is 0 Å². The van der Waals surface area contributed by atoms with Crippen LogP contribution in [-0.4, -0.2) is 30.1 Å². The van der Waals surface area contributed by atoms with Gasteiger partial charge < -0.3 is 15.8 Å². The van der Waals surface area contributed by atoms with Crippen LogP contribution in [-0.2, 0) is 9.53 Å². The summed E-state index contributed by atoms with van der Waals surface area (Å²) < 4.78 is 5.34. The summed E-state index contributed by atoms with van der Waals surface area (Å²) in [6, 6.07) is 15.7. The van der Waals surface area contributed by atoms with E-state index in [-0.39, 0.29) is 12.6 Å². The van der Waals surface area contributed by atoms with E-state index in [9.17, 15) is 9.59 Å². The van der Waals surface area contributed by atoms with Crippen LogP contribution in [0.2, 0.25) is 0 Å². The number of urea groups is 1. The molecule has 1 heterocycles. The van der Waals surface area contributed by atoms with Crippen LogP contribution < -0.4 is 11.1 Å². The molecule has 0 bridgehead atoms. The summed E-state index contributed by atoms with van der Waals surface area (Å²) >= 11 is 0. The summed E-state index contributed by atoms with van der Waals surface area (Å²) in [5, 5.41) is 2.93. The van der Waals surface area contributed by atoms with Crippen molar-refractivity contribution in [1.29, 1.82) is 0 Å². The van der Waals surface area contributed by atoms with Crippen LogP contribution in [0.15, 0.2) is 60.2 Å². The number of rotatable bonds is 5. The molecule has 0 saturated heterocycles. The summed E-state index contributed by atoms with van der Waals surface area (Å²) in [6.45, 7) is 4.30. The molecule has 0 unspecified atom stereocenters. The van der Waals surface area contributed by atoms with E-state index >= 15 is 0 Å². The molecule has 6 nitrogen and oxygen atoms in total. The van der Waals surface area contributed by atoms with Crippen LogP contribution in [0.25, 0.3) is 5.70 Å². The lowest BCUT2D eigenvalue weighted by Crippen LogP contribution is -2.47. The van der Waals surface area contributed by atoms with Gasteiger partial charge in [0.15, 0.2) is 0 Å². The van der Waals surface area contributed by atoms with Crippen molar-refractivity contribution in [3.63, 3.8) is 0 Å². The van der Waals surface area contributed by atoms with Gasteiger partial charge in [-0.05, 0) is 37.1 Å². The normalized spacial score (nSPS) is 16.9. The van der Waals surface area contributed by atoms with Gasteiger partial charge in [-0.2, -0.15) is 0 Å². The van der Waals surface area contributed by atoms with Crippen molar-refractivity contribution < 1.29 is 14.3 Å². The lowest BCUT2D eigenvalue weighted by atomic mass is 9.91. The Hall–Kier alpha value is -3.28. The maximum Gasteiger partial charge on any atom is 0.338 e. The molecule has 0 aliphatic carbocycles. The van der Waals surface area contributed by atoms with Gasteiger partial charge >= 0.3 is 12.0 Å². The largest absolute Gasteiger partial charge is 0.463 e. The van der Waals surface area contributed by atoms with Gasteiger partial charge in [-0.25, -0.2) is 9.59 Å². The number of ether oxygens (including phenoxy) is 1. The number of esters is 1. The molecule has 0 saturated carbocycles. The van der Waals surface area contributed by atoms with E-state index in [0.29, 0.717) is 23.5 Å². The van der Waals surface area contributed by atoms with Gasteiger partial charge in [-0.15, -0.1) is 0 Å². The first kappa shape index (κ1) is 18.5. The second-order valence-electron chi connectivity index (χ2n) is 6.14. The van der Waals surface area contributed by atoms with Crippen molar-refractivity contribution in [2.24, 2.45) is 0 Å².